The van der Waals surface area contributed by atoms with Crippen LogP contribution in [0.5, 0.6) is 0 Å². The fraction of sp³-hybridized carbons (Fsp3) is 0.918. The van der Waals surface area contributed by atoms with Crippen LogP contribution in [0.2, 0.25) is 0 Å². The first-order valence-corrected chi connectivity index (χ1v) is 20.3. The van der Waals surface area contributed by atoms with Gasteiger partial charge >= 0.3 is 23.9 Å². The van der Waals surface area contributed by atoms with Gasteiger partial charge in [0.15, 0.2) is 0 Å². The zero-order chi connectivity index (χ0) is 39.6. The van der Waals surface area contributed by atoms with Crippen LogP contribution in [0.4, 0.5) is 0 Å². The minimum Gasteiger partial charge on any atom is -0.462 e. The molecule has 0 aromatic carbocycles. The van der Waals surface area contributed by atoms with Gasteiger partial charge in [0.25, 0.3) is 0 Å². The fourth-order valence-corrected chi connectivity index (χ4v) is 8.48. The van der Waals surface area contributed by atoms with Gasteiger partial charge in [0.1, 0.15) is 17.8 Å². The molecule has 1 heterocycles. The van der Waals surface area contributed by atoms with E-state index in [1.807, 2.05) is 76.2 Å². The third-order valence-corrected chi connectivity index (χ3v) is 13.3. The van der Waals surface area contributed by atoms with Crippen molar-refractivity contribution in [2.75, 3.05) is 6.61 Å². The molecule has 348 valence electrons. The SMILES string of the molecule is C.C.C.C.C.C.CCC(C)(C)C(=O)OC(C)(C)C1CCCCC1.CCC(C)(C)C(=O)OC12CC3CC(CC(O)(C3)C1)C2.CCC(C)(C)C(=O)OC1C(=O)OCC1(C)C. The molecule has 9 heteroatoms. The maximum atomic E-state index is 12.4. The molecule has 5 aliphatic carbocycles. The van der Waals surface area contributed by atoms with Gasteiger partial charge in [0.2, 0.25) is 6.10 Å². The van der Waals surface area contributed by atoms with E-state index in [1.54, 1.807) is 0 Å². The number of rotatable bonds is 10. The van der Waals surface area contributed by atoms with Crippen LogP contribution in [-0.4, -0.2) is 58.5 Å². The number of ether oxygens (including phenoxy) is 4. The summed E-state index contributed by atoms with van der Waals surface area (Å²) in [5, 5.41) is 10.6. The van der Waals surface area contributed by atoms with Crippen molar-refractivity contribution in [1.82, 2.24) is 0 Å². The number of carbonyl (C=O) groups is 4. The van der Waals surface area contributed by atoms with Gasteiger partial charge in [-0.3, -0.25) is 14.4 Å². The number of carbonyl (C=O) groups excluding carboxylic acids is 4. The molecular weight excluding hydrogens is 733 g/mol. The molecule has 0 radical (unpaired) electrons. The van der Waals surface area contributed by atoms with Crippen molar-refractivity contribution in [2.24, 2.45) is 39.4 Å². The molecule has 5 saturated carbocycles. The number of hydrogen-bond acceptors (Lipinski definition) is 9. The predicted molar refractivity (Wildman–Crippen MR) is 242 cm³/mol. The molecule has 1 N–H and O–H groups in total. The Morgan fingerprint density at radius 1 is 0.690 bits per heavy atom. The Kier molecular flexibility index (Phi) is 25.0. The topological polar surface area (TPSA) is 125 Å². The molecular formula is C49H98O9. The summed E-state index contributed by atoms with van der Waals surface area (Å²) in [5.41, 5.74) is -2.97. The van der Waals surface area contributed by atoms with Gasteiger partial charge in [0.05, 0.1) is 21.8 Å². The zero-order valence-electron chi connectivity index (χ0n) is 35.1. The lowest BCUT2D eigenvalue weighted by atomic mass is 9.52. The average molecular weight is 831 g/mol. The van der Waals surface area contributed by atoms with E-state index < -0.39 is 33.9 Å². The highest BCUT2D eigenvalue weighted by Gasteiger charge is 2.59. The van der Waals surface area contributed by atoms with Crippen molar-refractivity contribution < 1.29 is 43.2 Å². The van der Waals surface area contributed by atoms with Crippen LogP contribution in [0.25, 0.3) is 0 Å². The lowest BCUT2D eigenvalue weighted by Crippen LogP contribution is -2.61. The van der Waals surface area contributed by atoms with Crippen LogP contribution in [0.1, 0.15) is 224 Å². The van der Waals surface area contributed by atoms with Crippen molar-refractivity contribution in [2.45, 2.75) is 247 Å². The number of aliphatic hydroxyl groups is 1. The normalized spacial score (nSPS) is 26.8. The summed E-state index contributed by atoms with van der Waals surface area (Å²) in [7, 11) is 0. The van der Waals surface area contributed by atoms with Crippen molar-refractivity contribution >= 4 is 23.9 Å². The fourth-order valence-electron chi connectivity index (χ4n) is 8.48. The summed E-state index contributed by atoms with van der Waals surface area (Å²) >= 11 is 0. The highest BCUT2D eigenvalue weighted by atomic mass is 16.6. The summed E-state index contributed by atoms with van der Waals surface area (Å²) in [6, 6.07) is 0. The summed E-state index contributed by atoms with van der Waals surface area (Å²) in [5.74, 6) is 0.744. The van der Waals surface area contributed by atoms with E-state index in [2.05, 4.69) is 13.8 Å². The smallest absolute Gasteiger partial charge is 0.348 e. The Bertz CT molecular complexity index is 1260. The quantitative estimate of drug-likeness (QED) is 0.169. The monoisotopic (exact) mass is 831 g/mol. The van der Waals surface area contributed by atoms with E-state index in [4.69, 9.17) is 18.9 Å². The van der Waals surface area contributed by atoms with E-state index in [0.717, 1.165) is 38.5 Å². The van der Waals surface area contributed by atoms with E-state index in [0.29, 0.717) is 37.2 Å². The average Bonchev–Trinajstić information content (AvgIpc) is 3.30. The lowest BCUT2D eigenvalue weighted by Gasteiger charge is -2.59. The Morgan fingerprint density at radius 2 is 1.12 bits per heavy atom. The van der Waals surface area contributed by atoms with Crippen molar-refractivity contribution in [3.05, 3.63) is 0 Å². The molecule has 1 saturated heterocycles. The molecule has 6 fully saturated rings. The van der Waals surface area contributed by atoms with Crippen molar-refractivity contribution in [3.8, 4) is 0 Å². The molecule has 58 heavy (non-hydrogen) atoms. The van der Waals surface area contributed by atoms with E-state index in [1.165, 1.54) is 38.5 Å². The second kappa shape index (κ2) is 23.2. The van der Waals surface area contributed by atoms with Crippen LogP contribution in [0.3, 0.4) is 0 Å². The van der Waals surface area contributed by atoms with Gasteiger partial charge in [-0.05, 0) is 137 Å². The first-order chi connectivity index (χ1) is 23.8. The third-order valence-electron chi connectivity index (χ3n) is 13.3. The maximum Gasteiger partial charge on any atom is 0.348 e. The Balaban J connectivity index is -0.000000360. The second-order valence-electron chi connectivity index (χ2n) is 20.2. The number of hydrogen-bond donors (Lipinski definition) is 1. The Morgan fingerprint density at radius 3 is 1.52 bits per heavy atom. The lowest BCUT2D eigenvalue weighted by molar-refractivity contribution is -0.225. The van der Waals surface area contributed by atoms with E-state index in [9.17, 15) is 24.3 Å². The summed E-state index contributed by atoms with van der Waals surface area (Å²) in [6.45, 7) is 25.6. The number of esters is 4. The van der Waals surface area contributed by atoms with Gasteiger partial charge in [-0.25, -0.2) is 4.79 Å². The predicted octanol–water partition coefficient (Wildman–Crippen LogP) is 13.1. The molecule has 3 atom stereocenters. The van der Waals surface area contributed by atoms with Gasteiger partial charge in [-0.1, -0.05) is 98.4 Å². The molecule has 1 aliphatic heterocycles. The van der Waals surface area contributed by atoms with Crippen molar-refractivity contribution in [1.29, 1.82) is 0 Å². The van der Waals surface area contributed by atoms with Gasteiger partial charge in [0, 0.05) is 11.8 Å². The summed E-state index contributed by atoms with van der Waals surface area (Å²) in [4.78, 5) is 47.8. The van der Waals surface area contributed by atoms with Gasteiger partial charge < -0.3 is 24.1 Å². The molecule has 0 aromatic rings. The molecule has 3 unspecified atom stereocenters. The van der Waals surface area contributed by atoms with Crippen LogP contribution < -0.4 is 0 Å². The maximum absolute atomic E-state index is 12.4. The number of cyclic esters (lactones) is 1. The molecule has 6 aliphatic rings. The first kappa shape index (κ1) is 62.5. The zero-order valence-corrected chi connectivity index (χ0v) is 35.1. The van der Waals surface area contributed by atoms with Crippen LogP contribution in [-0.2, 0) is 38.1 Å². The molecule has 6 rings (SSSR count). The van der Waals surface area contributed by atoms with E-state index in [-0.39, 0.29) is 79.1 Å². The highest BCUT2D eigenvalue weighted by molar-refractivity contribution is 5.83. The van der Waals surface area contributed by atoms with Crippen LogP contribution >= 0.6 is 0 Å². The molecule has 4 bridgehead atoms. The van der Waals surface area contributed by atoms with Crippen LogP contribution in [0.15, 0.2) is 0 Å². The minimum absolute atomic E-state index is 0. The molecule has 0 spiro atoms. The second-order valence-corrected chi connectivity index (χ2v) is 20.2. The summed E-state index contributed by atoms with van der Waals surface area (Å²) in [6.07, 6.45) is 13.5. The van der Waals surface area contributed by atoms with Crippen molar-refractivity contribution in [3.63, 3.8) is 0 Å². The molecule has 9 nitrogen and oxygen atoms in total. The minimum atomic E-state index is -0.772. The molecule has 0 aromatic heterocycles. The largest absolute Gasteiger partial charge is 0.462 e. The Labute approximate surface area is 359 Å². The standard InChI is InChI=1S/C16H26O3.C15H28O2.C12H20O4.6CH4/c1-4-14(2,3)13(17)19-16-8-11-5-12(9-16)7-15(18,6-11)10-16;1-6-14(2,3)13(16)17-15(4,5)12-10-8-7-9-11-12;1-6-11(2,3)10(14)16-8-9(13)15-7-12(8,4)5;;;;;;/h11-12,18H,4-10H2,1-3H3;12H,6-11H2,1-5H3;8H,6-7H2,1-5H3;6*1H4. The van der Waals surface area contributed by atoms with Gasteiger partial charge in [-0.2, -0.15) is 0 Å². The third kappa shape index (κ3) is 15.4. The summed E-state index contributed by atoms with van der Waals surface area (Å²) < 4.78 is 22.0. The Hall–Kier alpha value is -2.16. The van der Waals surface area contributed by atoms with Crippen LogP contribution in [0, 0.1) is 39.4 Å². The highest BCUT2D eigenvalue weighted by Crippen LogP contribution is 2.59. The van der Waals surface area contributed by atoms with Gasteiger partial charge in [-0.15, -0.1) is 0 Å². The van der Waals surface area contributed by atoms with E-state index >= 15 is 0 Å². The molecule has 0 amide bonds. The first-order valence-electron chi connectivity index (χ1n) is 20.3.